The SMILES string of the molecule is CC(C)(C)OC(=O)N[C@@H](Cc1ccccc1)C[C@H](O)[C@H](Cc1ccccc1)NC(=O)[C@@H](NC(=O)OCc1cncs1)C(C)(C)C. The van der Waals surface area contributed by atoms with Crippen molar-refractivity contribution in [1.82, 2.24) is 20.9 Å². The zero-order valence-corrected chi connectivity index (χ0v) is 27.7. The van der Waals surface area contributed by atoms with Gasteiger partial charge in [0.2, 0.25) is 5.91 Å². The van der Waals surface area contributed by atoms with Gasteiger partial charge in [-0.2, -0.15) is 0 Å². The summed E-state index contributed by atoms with van der Waals surface area (Å²) in [6.45, 7) is 10.9. The Hall–Kier alpha value is -3.96. The Morgan fingerprint density at radius 1 is 0.844 bits per heavy atom. The van der Waals surface area contributed by atoms with Crippen molar-refractivity contribution in [3.05, 3.63) is 88.4 Å². The predicted octanol–water partition coefficient (Wildman–Crippen LogP) is 5.40. The van der Waals surface area contributed by atoms with Crippen LogP contribution in [0.5, 0.6) is 0 Å². The van der Waals surface area contributed by atoms with Gasteiger partial charge in [0, 0.05) is 12.2 Å². The molecule has 0 aliphatic heterocycles. The molecule has 0 aliphatic rings. The zero-order chi connectivity index (χ0) is 33.0. The minimum atomic E-state index is -1.06. The minimum absolute atomic E-state index is 0.0395. The molecule has 244 valence electrons. The predicted molar refractivity (Wildman–Crippen MR) is 175 cm³/mol. The molecule has 0 bridgehead atoms. The Balaban J connectivity index is 1.79. The van der Waals surface area contributed by atoms with Crippen LogP contribution in [0.25, 0.3) is 0 Å². The average molecular weight is 639 g/mol. The molecule has 11 heteroatoms. The molecule has 3 aromatic rings. The van der Waals surface area contributed by atoms with Gasteiger partial charge in [-0.3, -0.25) is 9.78 Å². The van der Waals surface area contributed by atoms with Crippen LogP contribution < -0.4 is 16.0 Å². The van der Waals surface area contributed by atoms with Crippen LogP contribution in [0.1, 0.15) is 64.0 Å². The van der Waals surface area contributed by atoms with Crippen molar-refractivity contribution in [3.63, 3.8) is 0 Å². The van der Waals surface area contributed by atoms with Crippen molar-refractivity contribution in [2.75, 3.05) is 0 Å². The molecule has 1 heterocycles. The highest BCUT2D eigenvalue weighted by atomic mass is 32.1. The standard InChI is InChI=1S/C34H46N4O6S/c1-33(2,3)29(38-31(41)43-21-26-20-35-22-45-26)30(40)37-27(18-24-15-11-8-12-16-24)28(39)19-25(17-23-13-9-7-10-14-23)36-32(42)44-34(4,5)6/h7-16,20,22,25,27-29,39H,17-19,21H2,1-6H3,(H,36,42)(H,37,40)(H,38,41)/t25-,27-,28-,29+/m0/s1. The Kier molecular flexibility index (Phi) is 12.9. The molecular weight excluding hydrogens is 592 g/mol. The maximum absolute atomic E-state index is 13.8. The van der Waals surface area contributed by atoms with E-state index in [0.717, 1.165) is 16.0 Å². The van der Waals surface area contributed by atoms with E-state index in [0.29, 0.717) is 12.8 Å². The van der Waals surface area contributed by atoms with Gasteiger partial charge in [-0.15, -0.1) is 11.3 Å². The molecule has 1 aromatic heterocycles. The lowest BCUT2D eigenvalue weighted by atomic mass is 9.85. The van der Waals surface area contributed by atoms with Gasteiger partial charge in [0.15, 0.2) is 0 Å². The summed E-state index contributed by atoms with van der Waals surface area (Å²) < 4.78 is 10.8. The molecule has 0 saturated heterocycles. The van der Waals surface area contributed by atoms with Crippen LogP contribution in [0.3, 0.4) is 0 Å². The average Bonchev–Trinajstić information content (AvgIpc) is 3.47. The number of nitrogens with zero attached hydrogens (tertiary/aromatic N) is 1. The van der Waals surface area contributed by atoms with E-state index in [2.05, 4.69) is 20.9 Å². The second kappa shape index (κ2) is 16.4. The lowest BCUT2D eigenvalue weighted by Gasteiger charge is -2.34. The Bertz CT molecular complexity index is 1340. The van der Waals surface area contributed by atoms with E-state index in [-0.39, 0.29) is 13.0 Å². The van der Waals surface area contributed by atoms with Crippen molar-refractivity contribution in [2.45, 2.75) is 97.2 Å². The normalized spacial score (nSPS) is 14.4. The fourth-order valence-corrected chi connectivity index (χ4v) is 5.23. The molecule has 0 aliphatic carbocycles. The summed E-state index contributed by atoms with van der Waals surface area (Å²) in [6.07, 6.45) is 0.139. The highest BCUT2D eigenvalue weighted by Gasteiger charge is 2.36. The van der Waals surface area contributed by atoms with Gasteiger partial charge in [0.25, 0.3) is 0 Å². The van der Waals surface area contributed by atoms with E-state index in [1.807, 2.05) is 81.4 Å². The second-order valence-electron chi connectivity index (χ2n) is 13.1. The smallest absolute Gasteiger partial charge is 0.408 e. The van der Waals surface area contributed by atoms with Gasteiger partial charge in [-0.25, -0.2) is 9.59 Å². The molecule has 3 amide bonds. The number of rotatable bonds is 13. The molecule has 4 N–H and O–H groups in total. The highest BCUT2D eigenvalue weighted by molar-refractivity contribution is 7.09. The van der Waals surface area contributed by atoms with Gasteiger partial charge in [-0.1, -0.05) is 81.4 Å². The maximum atomic E-state index is 13.8. The summed E-state index contributed by atoms with van der Waals surface area (Å²) in [5, 5.41) is 20.3. The van der Waals surface area contributed by atoms with E-state index in [9.17, 15) is 19.5 Å². The molecule has 3 rings (SSSR count). The molecule has 0 fully saturated rings. The summed E-state index contributed by atoms with van der Waals surface area (Å²) in [4.78, 5) is 44.0. The van der Waals surface area contributed by atoms with Crippen molar-refractivity contribution in [2.24, 2.45) is 5.41 Å². The number of hydrogen-bond acceptors (Lipinski definition) is 8. The number of alkyl carbamates (subject to hydrolysis) is 2. The topological polar surface area (TPSA) is 139 Å². The van der Waals surface area contributed by atoms with Crippen LogP contribution >= 0.6 is 11.3 Å². The first-order valence-electron chi connectivity index (χ1n) is 15.1. The summed E-state index contributed by atoms with van der Waals surface area (Å²) in [7, 11) is 0. The summed E-state index contributed by atoms with van der Waals surface area (Å²) in [5.41, 5.74) is 2.16. The number of hydrogen-bond donors (Lipinski definition) is 4. The van der Waals surface area contributed by atoms with Gasteiger partial charge in [-0.05, 0) is 56.6 Å². The number of aliphatic hydroxyl groups excluding tert-OH is 1. The minimum Gasteiger partial charge on any atom is -0.444 e. The van der Waals surface area contributed by atoms with E-state index in [1.54, 1.807) is 32.5 Å². The molecular formula is C34H46N4O6S. The third-order valence-corrected chi connectivity index (χ3v) is 7.63. The van der Waals surface area contributed by atoms with Gasteiger partial charge >= 0.3 is 12.2 Å². The monoisotopic (exact) mass is 638 g/mol. The quantitative estimate of drug-likeness (QED) is 0.197. The van der Waals surface area contributed by atoms with Gasteiger partial charge in [0.05, 0.1) is 22.5 Å². The van der Waals surface area contributed by atoms with E-state index in [1.165, 1.54) is 11.3 Å². The zero-order valence-electron chi connectivity index (χ0n) is 26.9. The van der Waals surface area contributed by atoms with Crippen molar-refractivity contribution in [3.8, 4) is 0 Å². The van der Waals surface area contributed by atoms with Gasteiger partial charge < -0.3 is 30.5 Å². The van der Waals surface area contributed by atoms with Crippen molar-refractivity contribution < 1.29 is 29.0 Å². The maximum Gasteiger partial charge on any atom is 0.408 e. The van der Waals surface area contributed by atoms with Crippen LogP contribution in [-0.2, 0) is 33.7 Å². The number of aliphatic hydroxyl groups is 1. The van der Waals surface area contributed by atoms with E-state index < -0.39 is 53.3 Å². The van der Waals surface area contributed by atoms with Crippen LogP contribution in [0.15, 0.2) is 72.4 Å². The summed E-state index contributed by atoms with van der Waals surface area (Å²) in [6, 6.07) is 17.0. The first kappa shape index (κ1) is 35.5. The number of carbonyl (C=O) groups is 3. The number of nitrogens with one attached hydrogen (secondary N) is 3. The molecule has 4 atom stereocenters. The first-order chi connectivity index (χ1) is 21.2. The van der Waals surface area contributed by atoms with Crippen LogP contribution in [0.2, 0.25) is 0 Å². The number of aromatic nitrogens is 1. The summed E-state index contributed by atoms with van der Waals surface area (Å²) >= 11 is 1.36. The van der Waals surface area contributed by atoms with E-state index >= 15 is 0 Å². The molecule has 0 radical (unpaired) electrons. The number of amides is 3. The molecule has 0 unspecified atom stereocenters. The molecule has 0 saturated carbocycles. The number of benzene rings is 2. The highest BCUT2D eigenvalue weighted by Crippen LogP contribution is 2.22. The molecule has 2 aromatic carbocycles. The lowest BCUT2D eigenvalue weighted by molar-refractivity contribution is -0.127. The molecule has 0 spiro atoms. The van der Waals surface area contributed by atoms with Crippen LogP contribution in [0.4, 0.5) is 9.59 Å². The molecule has 10 nitrogen and oxygen atoms in total. The second-order valence-corrected chi connectivity index (χ2v) is 14.1. The van der Waals surface area contributed by atoms with Crippen LogP contribution in [0, 0.1) is 5.41 Å². The van der Waals surface area contributed by atoms with Gasteiger partial charge in [0.1, 0.15) is 18.2 Å². The van der Waals surface area contributed by atoms with E-state index in [4.69, 9.17) is 9.47 Å². The lowest BCUT2D eigenvalue weighted by Crippen LogP contribution is -2.58. The number of thiazole rings is 1. The summed E-state index contributed by atoms with van der Waals surface area (Å²) in [5.74, 6) is -0.461. The van der Waals surface area contributed by atoms with Crippen molar-refractivity contribution >= 4 is 29.4 Å². The number of ether oxygens (including phenoxy) is 2. The van der Waals surface area contributed by atoms with Crippen molar-refractivity contribution in [1.29, 1.82) is 0 Å². The largest absolute Gasteiger partial charge is 0.444 e. The third kappa shape index (κ3) is 12.9. The Morgan fingerprint density at radius 2 is 1.44 bits per heavy atom. The number of carbonyl (C=O) groups excluding carboxylic acids is 3. The molecule has 45 heavy (non-hydrogen) atoms. The first-order valence-corrected chi connectivity index (χ1v) is 15.9. The third-order valence-electron chi connectivity index (χ3n) is 6.88. The van der Waals surface area contributed by atoms with Crippen LogP contribution in [-0.4, -0.2) is 58.0 Å². The Labute approximate surface area is 269 Å². The fraction of sp³-hybridized carbons (Fsp3) is 0.471. The Morgan fingerprint density at radius 3 is 1.98 bits per heavy atom. The fourth-order valence-electron chi connectivity index (χ4n) is 4.72.